The summed E-state index contributed by atoms with van der Waals surface area (Å²) in [5.41, 5.74) is 2.87. The van der Waals surface area contributed by atoms with Crippen molar-refractivity contribution in [3.63, 3.8) is 0 Å². The maximum absolute atomic E-state index is 12.9. The quantitative estimate of drug-likeness (QED) is 0.858. The molecule has 0 fully saturated rings. The van der Waals surface area contributed by atoms with Crippen molar-refractivity contribution >= 4 is 11.6 Å². The third-order valence-corrected chi connectivity index (χ3v) is 4.25. The van der Waals surface area contributed by atoms with Crippen molar-refractivity contribution in [1.82, 2.24) is 0 Å². The molecule has 26 heavy (non-hydrogen) atoms. The van der Waals surface area contributed by atoms with Gasteiger partial charge in [0.2, 0.25) is 0 Å². The molecule has 3 rings (SSSR count). The molecular formula is C21H21NO4. The lowest BCUT2D eigenvalue weighted by atomic mass is 9.98. The Hall–Kier alpha value is -3.05. The summed E-state index contributed by atoms with van der Waals surface area (Å²) >= 11 is 0. The first-order valence-corrected chi connectivity index (χ1v) is 8.23. The molecule has 0 bridgehead atoms. The number of carbonyl (C=O) groups excluding carboxylic acids is 1. The minimum atomic E-state index is -0.494. The van der Waals surface area contributed by atoms with Gasteiger partial charge in [-0.1, -0.05) is 36.9 Å². The summed E-state index contributed by atoms with van der Waals surface area (Å²) in [4.78, 5) is 12.9. The molecule has 1 aliphatic rings. The van der Waals surface area contributed by atoms with Crippen LogP contribution < -0.4 is 14.8 Å². The minimum Gasteiger partial charge on any atom is -0.493 e. The van der Waals surface area contributed by atoms with Crippen LogP contribution in [0.1, 0.15) is 11.7 Å². The minimum absolute atomic E-state index is 0.205. The highest BCUT2D eigenvalue weighted by atomic mass is 16.5. The first-order valence-electron chi connectivity index (χ1n) is 8.23. The number of nitrogens with one attached hydrogen (secondary N) is 1. The second kappa shape index (κ2) is 7.89. The molecule has 0 spiro atoms. The molecular weight excluding hydrogens is 330 g/mol. The third kappa shape index (κ3) is 3.48. The van der Waals surface area contributed by atoms with Gasteiger partial charge in [-0.25, -0.2) is 0 Å². The van der Waals surface area contributed by atoms with Crippen molar-refractivity contribution in [3.8, 4) is 11.5 Å². The molecule has 5 nitrogen and oxygen atoms in total. The molecule has 1 aliphatic heterocycles. The topological polar surface area (TPSA) is 56.8 Å². The van der Waals surface area contributed by atoms with Crippen molar-refractivity contribution in [1.29, 1.82) is 0 Å². The summed E-state index contributed by atoms with van der Waals surface area (Å²) in [5, 5.41) is 2.92. The van der Waals surface area contributed by atoms with Gasteiger partial charge in [0.25, 0.3) is 5.91 Å². The summed E-state index contributed by atoms with van der Waals surface area (Å²) < 4.78 is 16.5. The number of ether oxygens (including phenoxy) is 3. The largest absolute Gasteiger partial charge is 0.493 e. The zero-order chi connectivity index (χ0) is 18.5. The zero-order valence-electron chi connectivity index (χ0n) is 14.8. The second-order valence-electron chi connectivity index (χ2n) is 5.77. The van der Waals surface area contributed by atoms with Crippen LogP contribution >= 0.6 is 0 Å². The van der Waals surface area contributed by atoms with Crippen LogP contribution in [0.2, 0.25) is 0 Å². The Labute approximate surface area is 152 Å². The summed E-state index contributed by atoms with van der Waals surface area (Å²) in [6.07, 6.45) is 1.17. The van der Waals surface area contributed by atoms with Crippen molar-refractivity contribution in [2.45, 2.75) is 6.10 Å². The highest BCUT2D eigenvalue weighted by Gasteiger charge is 2.32. The smallest absolute Gasteiger partial charge is 0.254 e. The fourth-order valence-electron chi connectivity index (χ4n) is 2.94. The Morgan fingerprint density at radius 1 is 1.15 bits per heavy atom. The molecule has 1 amide bonds. The molecule has 5 heteroatoms. The van der Waals surface area contributed by atoms with E-state index in [2.05, 4.69) is 11.9 Å². The van der Waals surface area contributed by atoms with Gasteiger partial charge in [-0.05, 0) is 35.4 Å². The predicted octanol–water partition coefficient (Wildman–Crippen LogP) is 3.90. The van der Waals surface area contributed by atoms with Crippen molar-refractivity contribution < 1.29 is 19.0 Å². The standard InChI is InChI=1S/C21H21NO4/c1-4-14-13-26-20(15-10-11-17(24-2)18(12-15)25-3)19(14)21(23)22-16-8-6-5-7-9-16/h4-12,20H,1,13H2,2-3H3,(H,22,23). The number of rotatable bonds is 6. The Morgan fingerprint density at radius 2 is 1.88 bits per heavy atom. The molecule has 0 radical (unpaired) electrons. The van der Waals surface area contributed by atoms with E-state index in [0.717, 1.165) is 16.8 Å². The van der Waals surface area contributed by atoms with Crippen LogP contribution in [-0.2, 0) is 9.53 Å². The van der Waals surface area contributed by atoms with E-state index in [4.69, 9.17) is 14.2 Å². The van der Waals surface area contributed by atoms with E-state index in [9.17, 15) is 4.79 Å². The molecule has 134 valence electrons. The van der Waals surface area contributed by atoms with E-state index in [0.29, 0.717) is 23.7 Å². The molecule has 2 aromatic rings. The van der Waals surface area contributed by atoms with Crippen molar-refractivity contribution in [3.05, 3.63) is 77.9 Å². The van der Waals surface area contributed by atoms with Crippen LogP contribution in [0.25, 0.3) is 0 Å². The number of benzene rings is 2. The van der Waals surface area contributed by atoms with E-state index >= 15 is 0 Å². The van der Waals surface area contributed by atoms with Gasteiger partial charge in [0.05, 0.1) is 26.4 Å². The molecule has 0 saturated heterocycles. The summed E-state index contributed by atoms with van der Waals surface area (Å²) in [6, 6.07) is 14.8. The highest BCUT2D eigenvalue weighted by Crippen LogP contribution is 2.39. The Morgan fingerprint density at radius 3 is 2.54 bits per heavy atom. The third-order valence-electron chi connectivity index (χ3n) is 4.25. The van der Waals surface area contributed by atoms with Gasteiger partial charge >= 0.3 is 0 Å². The molecule has 0 saturated carbocycles. The second-order valence-corrected chi connectivity index (χ2v) is 5.77. The van der Waals surface area contributed by atoms with Gasteiger partial charge in [0.1, 0.15) is 6.10 Å². The summed E-state index contributed by atoms with van der Waals surface area (Å²) in [6.45, 7) is 4.14. The molecule has 1 unspecified atom stereocenters. The van der Waals surface area contributed by atoms with Crippen molar-refractivity contribution in [2.24, 2.45) is 0 Å². The molecule has 1 N–H and O–H groups in total. The number of methoxy groups -OCH3 is 2. The molecule has 0 aliphatic carbocycles. The fraction of sp³-hybridized carbons (Fsp3) is 0.190. The maximum Gasteiger partial charge on any atom is 0.254 e. The van der Waals surface area contributed by atoms with Gasteiger partial charge in [0, 0.05) is 5.69 Å². The maximum atomic E-state index is 12.9. The summed E-state index contributed by atoms with van der Waals surface area (Å²) in [5.74, 6) is 1.00. The lowest BCUT2D eigenvalue weighted by molar-refractivity contribution is -0.113. The van der Waals surface area contributed by atoms with E-state index in [1.807, 2.05) is 42.5 Å². The number of para-hydroxylation sites is 1. The first kappa shape index (κ1) is 17.8. The normalized spacial score (nSPS) is 16.3. The monoisotopic (exact) mass is 351 g/mol. The van der Waals surface area contributed by atoms with Crippen LogP contribution in [0.3, 0.4) is 0 Å². The van der Waals surface area contributed by atoms with Gasteiger partial charge in [0.15, 0.2) is 11.5 Å². The molecule has 2 aromatic carbocycles. The van der Waals surface area contributed by atoms with E-state index in [1.54, 1.807) is 26.4 Å². The Bertz CT molecular complexity index is 842. The lowest BCUT2D eigenvalue weighted by Gasteiger charge is -2.17. The molecule has 0 aromatic heterocycles. The SMILES string of the molecule is C=CC1=C(C(=O)Nc2ccccc2)C(c2ccc(OC)c(OC)c2)OC1. The number of amides is 1. The van der Waals surface area contributed by atoms with E-state index in [-0.39, 0.29) is 5.91 Å². The zero-order valence-corrected chi connectivity index (χ0v) is 14.8. The van der Waals surface area contributed by atoms with Crippen LogP contribution in [0, 0.1) is 0 Å². The lowest BCUT2D eigenvalue weighted by Crippen LogP contribution is -2.19. The predicted molar refractivity (Wildman–Crippen MR) is 101 cm³/mol. The Kier molecular flexibility index (Phi) is 5.39. The van der Waals surface area contributed by atoms with Gasteiger partial charge < -0.3 is 19.5 Å². The number of anilines is 1. The van der Waals surface area contributed by atoms with Gasteiger partial charge in [-0.3, -0.25) is 4.79 Å². The van der Waals surface area contributed by atoms with Gasteiger partial charge in [-0.15, -0.1) is 0 Å². The van der Waals surface area contributed by atoms with Crippen LogP contribution in [-0.4, -0.2) is 26.7 Å². The number of hydrogen-bond donors (Lipinski definition) is 1. The van der Waals surface area contributed by atoms with E-state index < -0.39 is 6.10 Å². The number of hydrogen-bond acceptors (Lipinski definition) is 4. The first-order chi connectivity index (χ1) is 12.7. The molecule has 1 atom stereocenters. The van der Waals surface area contributed by atoms with Crippen LogP contribution in [0.5, 0.6) is 11.5 Å². The van der Waals surface area contributed by atoms with Gasteiger partial charge in [-0.2, -0.15) is 0 Å². The van der Waals surface area contributed by atoms with Crippen LogP contribution in [0.4, 0.5) is 5.69 Å². The average molecular weight is 351 g/mol. The molecule has 1 heterocycles. The fourth-order valence-corrected chi connectivity index (χ4v) is 2.94. The van der Waals surface area contributed by atoms with Crippen LogP contribution in [0.15, 0.2) is 72.3 Å². The number of carbonyl (C=O) groups is 1. The average Bonchev–Trinajstić information content (AvgIpc) is 3.12. The summed E-state index contributed by atoms with van der Waals surface area (Å²) in [7, 11) is 3.16. The Balaban J connectivity index is 1.93. The van der Waals surface area contributed by atoms with E-state index in [1.165, 1.54) is 0 Å². The van der Waals surface area contributed by atoms with Crippen molar-refractivity contribution in [2.75, 3.05) is 26.1 Å². The highest BCUT2D eigenvalue weighted by molar-refractivity contribution is 6.05.